The van der Waals surface area contributed by atoms with Gasteiger partial charge in [-0.15, -0.1) is 0 Å². The fourth-order valence-corrected chi connectivity index (χ4v) is 0.977. The van der Waals surface area contributed by atoms with Crippen LogP contribution in [0, 0.1) is 6.92 Å². The highest BCUT2D eigenvalue weighted by Crippen LogP contribution is 2.05. The molecule has 1 aromatic rings. The van der Waals surface area contributed by atoms with E-state index in [0.29, 0.717) is 5.76 Å². The maximum Gasteiger partial charge on any atom is 0.337 e. The average molecular weight is 167 g/mol. The smallest absolute Gasteiger partial charge is 0.337 e. The highest BCUT2D eigenvalue weighted by atomic mass is 16.4. The molecule has 12 heavy (non-hydrogen) atoms. The van der Waals surface area contributed by atoms with Crippen LogP contribution in [0.2, 0.25) is 0 Å². The van der Waals surface area contributed by atoms with Crippen LogP contribution in [0.25, 0.3) is 0 Å². The van der Waals surface area contributed by atoms with Crippen molar-refractivity contribution < 1.29 is 4.42 Å². The van der Waals surface area contributed by atoms with Crippen molar-refractivity contribution in [3.05, 3.63) is 28.3 Å². The molecule has 0 spiro atoms. The summed E-state index contributed by atoms with van der Waals surface area (Å²) >= 11 is 0. The minimum absolute atomic E-state index is 0.298. The van der Waals surface area contributed by atoms with Gasteiger partial charge < -0.3 is 9.73 Å². The van der Waals surface area contributed by atoms with Crippen LogP contribution < -0.4 is 10.9 Å². The predicted octanol–water partition coefficient (Wildman–Crippen LogP) is 1.77. The molecule has 0 aliphatic rings. The number of anilines is 1. The van der Waals surface area contributed by atoms with Gasteiger partial charge in [-0.05, 0) is 19.4 Å². The van der Waals surface area contributed by atoms with E-state index in [4.69, 9.17) is 4.42 Å². The fraction of sp³-hybridized carbons (Fsp3) is 0.444. The number of rotatable bonds is 3. The first-order valence-corrected chi connectivity index (χ1v) is 4.08. The van der Waals surface area contributed by atoms with Crippen LogP contribution in [0.15, 0.2) is 21.3 Å². The summed E-state index contributed by atoms with van der Waals surface area (Å²) in [7, 11) is 0. The number of aryl methyl sites for hydroxylation is 1. The predicted molar refractivity (Wildman–Crippen MR) is 48.5 cm³/mol. The summed E-state index contributed by atoms with van der Waals surface area (Å²) in [6.45, 7) is 4.71. The lowest BCUT2D eigenvalue weighted by molar-refractivity contribution is 0.481. The van der Waals surface area contributed by atoms with Crippen molar-refractivity contribution >= 4 is 5.69 Å². The Hall–Kier alpha value is -1.25. The van der Waals surface area contributed by atoms with Crippen molar-refractivity contribution in [2.45, 2.75) is 20.3 Å². The summed E-state index contributed by atoms with van der Waals surface area (Å²) in [6, 6.07) is 3.28. The lowest BCUT2D eigenvalue weighted by Crippen LogP contribution is -2.05. The molecular formula is C9H13NO2. The van der Waals surface area contributed by atoms with Gasteiger partial charge in [-0.3, -0.25) is 0 Å². The molecule has 1 heterocycles. The monoisotopic (exact) mass is 167 g/mol. The third-order valence-corrected chi connectivity index (χ3v) is 1.47. The molecular weight excluding hydrogens is 154 g/mol. The largest absolute Gasteiger partial charge is 0.428 e. The van der Waals surface area contributed by atoms with Crippen molar-refractivity contribution in [2.24, 2.45) is 0 Å². The summed E-state index contributed by atoms with van der Waals surface area (Å²) in [6.07, 6.45) is 1.04. The Morgan fingerprint density at radius 3 is 2.83 bits per heavy atom. The second-order valence-electron chi connectivity index (χ2n) is 2.70. The third kappa shape index (κ3) is 2.42. The lowest BCUT2D eigenvalue weighted by atomic mass is 10.3. The highest BCUT2D eigenvalue weighted by molar-refractivity contribution is 5.41. The second kappa shape index (κ2) is 3.95. The summed E-state index contributed by atoms with van der Waals surface area (Å²) in [4.78, 5) is 10.9. The van der Waals surface area contributed by atoms with E-state index in [9.17, 15) is 4.79 Å². The molecule has 0 amide bonds. The van der Waals surface area contributed by atoms with E-state index in [0.717, 1.165) is 18.7 Å². The van der Waals surface area contributed by atoms with Crippen LogP contribution in [-0.4, -0.2) is 6.54 Å². The normalized spacial score (nSPS) is 9.83. The molecule has 1 aromatic heterocycles. The summed E-state index contributed by atoms with van der Waals surface area (Å²) in [5, 5.41) is 3.12. The SMILES string of the molecule is CCCNc1cc(C)oc(=O)c1. The first-order valence-electron chi connectivity index (χ1n) is 4.08. The van der Waals surface area contributed by atoms with E-state index in [1.54, 1.807) is 6.92 Å². The van der Waals surface area contributed by atoms with Crippen LogP contribution in [0.1, 0.15) is 19.1 Å². The van der Waals surface area contributed by atoms with Gasteiger partial charge in [-0.25, -0.2) is 4.79 Å². The molecule has 0 bridgehead atoms. The molecule has 1 rings (SSSR count). The molecule has 0 radical (unpaired) electrons. The van der Waals surface area contributed by atoms with Gasteiger partial charge in [0.25, 0.3) is 0 Å². The molecule has 3 heteroatoms. The Balaban J connectivity index is 2.79. The maximum absolute atomic E-state index is 10.9. The van der Waals surface area contributed by atoms with Gasteiger partial charge in [-0.1, -0.05) is 6.92 Å². The Morgan fingerprint density at radius 1 is 1.50 bits per heavy atom. The van der Waals surface area contributed by atoms with Crippen molar-refractivity contribution in [1.29, 1.82) is 0 Å². The molecule has 0 aliphatic carbocycles. The molecule has 0 atom stereocenters. The summed E-state index contributed by atoms with van der Waals surface area (Å²) < 4.78 is 4.80. The first kappa shape index (κ1) is 8.84. The van der Waals surface area contributed by atoms with E-state index in [1.165, 1.54) is 6.07 Å². The van der Waals surface area contributed by atoms with Gasteiger partial charge in [-0.2, -0.15) is 0 Å². The zero-order valence-corrected chi connectivity index (χ0v) is 7.39. The van der Waals surface area contributed by atoms with Crippen LogP contribution in [-0.2, 0) is 0 Å². The Bertz CT molecular complexity index is 304. The molecule has 66 valence electrons. The highest BCUT2D eigenvalue weighted by Gasteiger charge is 1.95. The molecule has 1 N–H and O–H groups in total. The zero-order valence-electron chi connectivity index (χ0n) is 7.39. The lowest BCUT2D eigenvalue weighted by Gasteiger charge is -2.02. The van der Waals surface area contributed by atoms with Gasteiger partial charge in [0.05, 0.1) is 0 Å². The maximum atomic E-state index is 10.9. The third-order valence-electron chi connectivity index (χ3n) is 1.47. The van der Waals surface area contributed by atoms with Gasteiger partial charge in [0.1, 0.15) is 5.76 Å². The molecule has 3 nitrogen and oxygen atoms in total. The minimum Gasteiger partial charge on any atom is -0.428 e. The van der Waals surface area contributed by atoms with E-state index in [1.807, 2.05) is 6.07 Å². The number of hydrogen-bond acceptors (Lipinski definition) is 3. The Morgan fingerprint density at radius 2 is 2.25 bits per heavy atom. The van der Waals surface area contributed by atoms with Gasteiger partial charge >= 0.3 is 5.63 Å². The van der Waals surface area contributed by atoms with Crippen molar-refractivity contribution in [1.82, 2.24) is 0 Å². The Labute approximate surface area is 71.4 Å². The molecule has 0 unspecified atom stereocenters. The number of nitrogens with one attached hydrogen (secondary N) is 1. The molecule has 0 saturated carbocycles. The molecule has 0 fully saturated rings. The topological polar surface area (TPSA) is 42.2 Å². The van der Waals surface area contributed by atoms with Crippen LogP contribution >= 0.6 is 0 Å². The second-order valence-corrected chi connectivity index (χ2v) is 2.70. The van der Waals surface area contributed by atoms with E-state index in [-0.39, 0.29) is 5.63 Å². The molecule has 0 aromatic carbocycles. The standard InChI is InChI=1S/C9H13NO2/c1-3-4-10-8-5-7(2)12-9(11)6-8/h5-6,10H,3-4H2,1-2H3. The Kier molecular flexibility index (Phi) is 2.91. The molecule has 0 saturated heterocycles. The first-order chi connectivity index (χ1) is 5.72. The van der Waals surface area contributed by atoms with Crippen LogP contribution in [0.3, 0.4) is 0 Å². The fourth-order valence-electron chi connectivity index (χ4n) is 0.977. The summed E-state index contributed by atoms with van der Waals surface area (Å²) in [5.41, 5.74) is 0.541. The van der Waals surface area contributed by atoms with E-state index < -0.39 is 0 Å². The van der Waals surface area contributed by atoms with Crippen LogP contribution in [0.4, 0.5) is 5.69 Å². The van der Waals surface area contributed by atoms with E-state index in [2.05, 4.69) is 12.2 Å². The zero-order chi connectivity index (χ0) is 8.97. The van der Waals surface area contributed by atoms with Crippen molar-refractivity contribution in [3.63, 3.8) is 0 Å². The minimum atomic E-state index is -0.298. The van der Waals surface area contributed by atoms with Crippen molar-refractivity contribution in [3.8, 4) is 0 Å². The van der Waals surface area contributed by atoms with Crippen LogP contribution in [0.5, 0.6) is 0 Å². The quantitative estimate of drug-likeness (QED) is 0.746. The van der Waals surface area contributed by atoms with Gasteiger partial charge in [0.2, 0.25) is 0 Å². The van der Waals surface area contributed by atoms with Crippen molar-refractivity contribution in [2.75, 3.05) is 11.9 Å². The summed E-state index contributed by atoms with van der Waals surface area (Å²) in [5.74, 6) is 0.640. The van der Waals surface area contributed by atoms with E-state index >= 15 is 0 Å². The number of hydrogen-bond donors (Lipinski definition) is 1. The molecule has 0 aliphatic heterocycles. The average Bonchev–Trinajstić information content (AvgIpc) is 1.99. The van der Waals surface area contributed by atoms with Gasteiger partial charge in [0, 0.05) is 18.3 Å². The van der Waals surface area contributed by atoms with Gasteiger partial charge in [0.15, 0.2) is 0 Å².